The molecule has 0 radical (unpaired) electrons. The average Bonchev–Trinajstić information content (AvgIpc) is 3.25. The summed E-state index contributed by atoms with van der Waals surface area (Å²) in [6, 6.07) is 10.8. The summed E-state index contributed by atoms with van der Waals surface area (Å²) in [7, 11) is 0. The van der Waals surface area contributed by atoms with Crippen molar-refractivity contribution >= 4 is 34.3 Å². The minimum Gasteiger partial charge on any atom is -0.467 e. The molecule has 1 N–H and O–H groups in total. The quantitative estimate of drug-likeness (QED) is 0.327. The SMILES string of the molecule is O=[N+]([O-])c1cc2c(c(CSc3n[nH]c4nc5ccccc5n34)c1)OCOC2. The van der Waals surface area contributed by atoms with Gasteiger partial charge in [0.1, 0.15) is 5.75 Å². The van der Waals surface area contributed by atoms with Crippen molar-refractivity contribution in [3.8, 4) is 5.75 Å². The number of aromatic amines is 1. The van der Waals surface area contributed by atoms with Gasteiger partial charge >= 0.3 is 0 Å². The second kappa shape index (κ2) is 6.25. The Morgan fingerprint density at radius 3 is 3.11 bits per heavy atom. The molecule has 0 bridgehead atoms. The number of nitrogens with one attached hydrogen (secondary N) is 1. The monoisotopic (exact) mass is 383 g/mol. The van der Waals surface area contributed by atoms with Crippen molar-refractivity contribution < 1.29 is 14.4 Å². The molecule has 0 aliphatic carbocycles. The van der Waals surface area contributed by atoms with Crippen molar-refractivity contribution in [1.29, 1.82) is 0 Å². The van der Waals surface area contributed by atoms with Gasteiger partial charge in [-0.1, -0.05) is 23.9 Å². The number of nitro groups is 1. The van der Waals surface area contributed by atoms with Gasteiger partial charge in [-0.05, 0) is 12.1 Å². The van der Waals surface area contributed by atoms with Gasteiger partial charge in [0.05, 0.1) is 22.6 Å². The van der Waals surface area contributed by atoms with E-state index in [1.54, 1.807) is 6.07 Å². The van der Waals surface area contributed by atoms with Crippen LogP contribution in [0.3, 0.4) is 0 Å². The maximum Gasteiger partial charge on any atom is 0.270 e. The Labute approximate surface area is 156 Å². The van der Waals surface area contributed by atoms with Gasteiger partial charge in [-0.3, -0.25) is 14.5 Å². The van der Waals surface area contributed by atoms with Gasteiger partial charge in [0, 0.05) is 29.0 Å². The van der Waals surface area contributed by atoms with Crippen LogP contribution in [0.5, 0.6) is 5.75 Å². The third-order valence-electron chi connectivity index (χ3n) is 4.34. The van der Waals surface area contributed by atoms with E-state index in [0.717, 1.165) is 21.8 Å². The average molecular weight is 383 g/mol. The third kappa shape index (κ3) is 2.69. The molecule has 136 valence electrons. The van der Waals surface area contributed by atoms with E-state index in [4.69, 9.17) is 9.47 Å². The molecule has 0 fully saturated rings. The number of hydrogen-bond acceptors (Lipinski definition) is 7. The molecule has 0 saturated carbocycles. The van der Waals surface area contributed by atoms with Crippen LogP contribution in [-0.4, -0.2) is 31.3 Å². The number of ether oxygens (including phenoxy) is 2. The number of fused-ring (bicyclic) bond motifs is 4. The first-order valence-corrected chi connectivity index (χ1v) is 9.14. The summed E-state index contributed by atoms with van der Waals surface area (Å²) in [5, 5.41) is 19.2. The Morgan fingerprint density at radius 1 is 1.33 bits per heavy atom. The number of thioether (sulfide) groups is 1. The van der Waals surface area contributed by atoms with E-state index in [1.165, 1.54) is 17.8 Å². The van der Waals surface area contributed by atoms with Gasteiger partial charge < -0.3 is 9.47 Å². The molecular weight excluding hydrogens is 370 g/mol. The Kier molecular flexibility index (Phi) is 3.73. The topological polar surface area (TPSA) is 108 Å². The highest BCUT2D eigenvalue weighted by Crippen LogP contribution is 2.36. The second-order valence-electron chi connectivity index (χ2n) is 6.02. The fraction of sp³-hybridized carbons (Fsp3) is 0.176. The number of nitro benzene ring substituents is 1. The van der Waals surface area contributed by atoms with Crippen LogP contribution in [-0.2, 0) is 17.1 Å². The lowest BCUT2D eigenvalue weighted by Crippen LogP contribution is -2.13. The molecule has 3 heterocycles. The fourth-order valence-electron chi connectivity index (χ4n) is 3.18. The van der Waals surface area contributed by atoms with Gasteiger partial charge in [0.25, 0.3) is 5.69 Å². The summed E-state index contributed by atoms with van der Waals surface area (Å²) < 4.78 is 12.8. The molecule has 1 aliphatic rings. The molecule has 2 aromatic heterocycles. The van der Waals surface area contributed by atoms with E-state index in [0.29, 0.717) is 29.5 Å². The van der Waals surface area contributed by atoms with Crippen molar-refractivity contribution in [2.45, 2.75) is 17.5 Å². The van der Waals surface area contributed by atoms with Crippen LogP contribution in [0.1, 0.15) is 11.1 Å². The smallest absolute Gasteiger partial charge is 0.270 e. The molecule has 5 rings (SSSR count). The molecule has 0 atom stereocenters. The van der Waals surface area contributed by atoms with Gasteiger partial charge in [0.2, 0.25) is 5.78 Å². The molecule has 9 nitrogen and oxygen atoms in total. The van der Waals surface area contributed by atoms with Crippen molar-refractivity contribution in [3.05, 3.63) is 57.6 Å². The lowest BCUT2D eigenvalue weighted by molar-refractivity contribution is -0.385. The molecule has 27 heavy (non-hydrogen) atoms. The Bertz CT molecular complexity index is 1180. The summed E-state index contributed by atoms with van der Waals surface area (Å²) in [4.78, 5) is 15.3. The van der Waals surface area contributed by atoms with Crippen LogP contribution in [0.15, 0.2) is 41.6 Å². The van der Waals surface area contributed by atoms with Gasteiger partial charge in [-0.15, -0.1) is 5.10 Å². The molecule has 10 heteroatoms. The summed E-state index contributed by atoms with van der Waals surface area (Å²) in [6.45, 7) is 0.439. The lowest BCUT2D eigenvalue weighted by Gasteiger charge is -2.20. The number of nitrogens with zero attached hydrogens (tertiary/aromatic N) is 4. The third-order valence-corrected chi connectivity index (χ3v) is 5.33. The second-order valence-corrected chi connectivity index (χ2v) is 6.96. The van der Waals surface area contributed by atoms with E-state index in [-0.39, 0.29) is 12.5 Å². The van der Waals surface area contributed by atoms with Crippen molar-refractivity contribution in [3.63, 3.8) is 0 Å². The van der Waals surface area contributed by atoms with Crippen molar-refractivity contribution in [2.75, 3.05) is 6.79 Å². The summed E-state index contributed by atoms with van der Waals surface area (Å²) in [6.07, 6.45) is 0. The van der Waals surface area contributed by atoms with E-state index < -0.39 is 4.92 Å². The number of H-pyrrole nitrogens is 1. The van der Waals surface area contributed by atoms with Gasteiger partial charge in [-0.25, -0.2) is 10.1 Å². The molecule has 0 unspecified atom stereocenters. The molecule has 1 aliphatic heterocycles. The maximum absolute atomic E-state index is 11.2. The summed E-state index contributed by atoms with van der Waals surface area (Å²) in [5.41, 5.74) is 3.29. The van der Waals surface area contributed by atoms with Crippen LogP contribution in [0.4, 0.5) is 5.69 Å². The van der Waals surface area contributed by atoms with E-state index >= 15 is 0 Å². The zero-order valence-corrected chi connectivity index (χ0v) is 14.7. The summed E-state index contributed by atoms with van der Waals surface area (Å²) >= 11 is 1.46. The maximum atomic E-state index is 11.2. The number of non-ortho nitro benzene ring substituents is 1. The van der Waals surface area contributed by atoms with Gasteiger partial charge in [0.15, 0.2) is 11.9 Å². The van der Waals surface area contributed by atoms with E-state index in [9.17, 15) is 10.1 Å². The number of imidazole rings is 1. The highest BCUT2D eigenvalue weighted by atomic mass is 32.2. The minimum absolute atomic E-state index is 0.0266. The highest BCUT2D eigenvalue weighted by molar-refractivity contribution is 7.98. The number of para-hydroxylation sites is 2. The molecule has 2 aromatic carbocycles. The first-order chi connectivity index (χ1) is 13.2. The lowest BCUT2D eigenvalue weighted by atomic mass is 10.1. The van der Waals surface area contributed by atoms with E-state index in [1.807, 2.05) is 28.7 Å². The minimum atomic E-state index is -0.404. The van der Waals surface area contributed by atoms with Crippen molar-refractivity contribution in [1.82, 2.24) is 19.6 Å². The Hall–Kier alpha value is -3.11. The number of benzene rings is 2. The highest BCUT2D eigenvalue weighted by Gasteiger charge is 2.22. The summed E-state index contributed by atoms with van der Waals surface area (Å²) in [5.74, 6) is 1.78. The largest absolute Gasteiger partial charge is 0.467 e. The molecule has 0 saturated heterocycles. The van der Waals surface area contributed by atoms with Crippen LogP contribution in [0.25, 0.3) is 16.8 Å². The van der Waals surface area contributed by atoms with Gasteiger partial charge in [-0.2, -0.15) is 0 Å². The predicted octanol–water partition coefficient (Wildman–Crippen LogP) is 3.28. The van der Waals surface area contributed by atoms with E-state index in [2.05, 4.69) is 15.2 Å². The van der Waals surface area contributed by atoms with Crippen molar-refractivity contribution in [2.24, 2.45) is 0 Å². The normalized spacial score (nSPS) is 13.6. The predicted molar refractivity (Wildman–Crippen MR) is 97.8 cm³/mol. The first-order valence-electron chi connectivity index (χ1n) is 8.16. The first kappa shape index (κ1) is 16.1. The Balaban J connectivity index is 1.52. The zero-order chi connectivity index (χ0) is 18.4. The van der Waals surface area contributed by atoms with Crippen LogP contribution >= 0.6 is 11.8 Å². The fourth-order valence-corrected chi connectivity index (χ4v) is 4.10. The standard InChI is InChI=1S/C17H13N5O4S/c23-22(24)12-5-10-7-25-9-26-15(10)11(6-12)8-27-17-20-19-16-18-13-3-1-2-4-14(13)21(16)17/h1-6H,7-9H2,(H,18,19). The molecule has 0 amide bonds. The molecule has 0 spiro atoms. The van der Waals surface area contributed by atoms with Crippen LogP contribution < -0.4 is 4.74 Å². The number of rotatable bonds is 4. The van der Waals surface area contributed by atoms with Crippen LogP contribution in [0, 0.1) is 10.1 Å². The molecular formula is C17H13N5O4S. The Morgan fingerprint density at radius 2 is 2.22 bits per heavy atom. The molecule has 4 aromatic rings. The van der Waals surface area contributed by atoms with Crippen LogP contribution in [0.2, 0.25) is 0 Å². The number of aromatic nitrogens is 4. The number of hydrogen-bond donors (Lipinski definition) is 1. The zero-order valence-electron chi connectivity index (χ0n) is 13.9.